The van der Waals surface area contributed by atoms with Gasteiger partial charge in [-0.05, 0) is 19.1 Å². The first-order chi connectivity index (χ1) is 10.4. The van der Waals surface area contributed by atoms with Crippen molar-refractivity contribution in [3.63, 3.8) is 0 Å². The molecule has 0 bridgehead atoms. The van der Waals surface area contributed by atoms with Crippen LogP contribution in [0.5, 0.6) is 0 Å². The number of carbonyl (C=O) groups excluding carboxylic acids is 1. The van der Waals surface area contributed by atoms with Crippen LogP contribution in [-0.4, -0.2) is 26.5 Å². The minimum absolute atomic E-state index is 0.0361. The number of nitrogens with one attached hydrogen (secondary N) is 1. The molecule has 1 aromatic carbocycles. The summed E-state index contributed by atoms with van der Waals surface area (Å²) in [4.78, 5) is 22.9. The van der Waals surface area contributed by atoms with Crippen LogP contribution < -0.4 is 5.32 Å². The molecule has 2 aromatic rings. The van der Waals surface area contributed by atoms with E-state index in [0.29, 0.717) is 21.3 Å². The van der Waals surface area contributed by atoms with Crippen LogP contribution in [0.1, 0.15) is 5.69 Å². The number of nitro groups is 1. The average Bonchev–Trinajstić information content (AvgIpc) is 2.75. The van der Waals surface area contributed by atoms with E-state index >= 15 is 0 Å². The number of aryl methyl sites for hydroxylation is 2. The molecular weight excluding hydrogens is 328 g/mol. The lowest BCUT2D eigenvalue weighted by Crippen LogP contribution is -2.13. The van der Waals surface area contributed by atoms with Crippen LogP contribution in [-0.2, 0) is 11.8 Å². The number of amides is 1. The first kappa shape index (κ1) is 16.3. The summed E-state index contributed by atoms with van der Waals surface area (Å²) in [6.45, 7) is 1.59. The topological polar surface area (TPSA) is 90.1 Å². The van der Waals surface area contributed by atoms with Crippen LogP contribution in [0.3, 0.4) is 0 Å². The monoisotopic (exact) mass is 340 g/mol. The Labute approximate surface area is 135 Å². The lowest BCUT2D eigenvalue weighted by atomic mass is 10.3. The van der Waals surface area contributed by atoms with Crippen molar-refractivity contribution in [2.75, 3.05) is 11.2 Å². The van der Waals surface area contributed by atoms with Crippen LogP contribution >= 0.6 is 23.4 Å². The first-order valence-corrected chi connectivity index (χ1v) is 7.59. The third-order valence-corrected chi connectivity index (χ3v) is 4.28. The normalized spacial score (nSPS) is 10.5. The van der Waals surface area contributed by atoms with E-state index in [1.165, 1.54) is 16.4 Å². The predicted molar refractivity (Wildman–Crippen MR) is 84.5 cm³/mol. The molecule has 0 aliphatic heterocycles. The number of para-hydroxylation sites is 1. The standard InChI is InChI=1S/C13H13ClN4O3S/c1-8-12(18(20)21)13(17(2)16-8)22-10-6-4-3-5-9(10)15-11(19)7-14/h3-6H,7H2,1-2H3,(H,15,19). The molecule has 0 spiro atoms. The zero-order valence-electron chi connectivity index (χ0n) is 11.9. The Bertz CT molecular complexity index is 732. The highest BCUT2D eigenvalue weighted by molar-refractivity contribution is 7.99. The lowest BCUT2D eigenvalue weighted by molar-refractivity contribution is -0.388. The molecule has 1 N–H and O–H groups in total. The molecule has 9 heteroatoms. The van der Waals surface area contributed by atoms with Crippen LogP contribution in [0, 0.1) is 17.0 Å². The Balaban J connectivity index is 2.40. The van der Waals surface area contributed by atoms with Gasteiger partial charge in [-0.3, -0.25) is 19.6 Å². The smallest absolute Gasteiger partial charge is 0.324 e. The number of halogens is 1. The van der Waals surface area contributed by atoms with Crippen molar-refractivity contribution < 1.29 is 9.72 Å². The maximum Gasteiger partial charge on any atom is 0.324 e. The van der Waals surface area contributed by atoms with Crippen molar-refractivity contribution in [3.05, 3.63) is 40.1 Å². The number of carbonyl (C=O) groups is 1. The van der Waals surface area contributed by atoms with Crippen LogP contribution in [0.25, 0.3) is 0 Å². The number of nitrogens with zero attached hydrogens (tertiary/aromatic N) is 3. The quantitative estimate of drug-likeness (QED) is 0.513. The number of hydrogen-bond donors (Lipinski definition) is 1. The van der Waals surface area contributed by atoms with E-state index in [1.54, 1.807) is 38.2 Å². The van der Waals surface area contributed by atoms with Crippen LogP contribution in [0.4, 0.5) is 11.4 Å². The third-order valence-electron chi connectivity index (χ3n) is 2.81. The molecule has 2 rings (SSSR count). The fraction of sp³-hybridized carbons (Fsp3) is 0.231. The summed E-state index contributed by atoms with van der Waals surface area (Å²) in [5.74, 6) is -0.505. The highest BCUT2D eigenvalue weighted by atomic mass is 35.5. The number of alkyl halides is 1. The minimum Gasteiger partial charge on any atom is -0.324 e. The number of anilines is 1. The fourth-order valence-corrected chi connectivity index (χ4v) is 3.04. The van der Waals surface area contributed by atoms with Gasteiger partial charge in [0.1, 0.15) is 11.6 Å². The zero-order valence-corrected chi connectivity index (χ0v) is 13.4. The van der Waals surface area contributed by atoms with Gasteiger partial charge < -0.3 is 5.32 Å². The van der Waals surface area contributed by atoms with Crippen molar-refractivity contribution in [1.29, 1.82) is 0 Å². The number of hydrogen-bond acceptors (Lipinski definition) is 5. The molecule has 0 aliphatic rings. The highest BCUT2D eigenvalue weighted by Crippen LogP contribution is 2.39. The van der Waals surface area contributed by atoms with Gasteiger partial charge in [-0.2, -0.15) is 5.10 Å². The summed E-state index contributed by atoms with van der Waals surface area (Å²) < 4.78 is 1.46. The molecule has 116 valence electrons. The number of benzene rings is 1. The molecule has 1 amide bonds. The Morgan fingerprint density at radius 2 is 2.18 bits per heavy atom. The van der Waals surface area contributed by atoms with Gasteiger partial charge in [0, 0.05) is 11.9 Å². The first-order valence-electron chi connectivity index (χ1n) is 6.24. The predicted octanol–water partition coefficient (Wildman–Crippen LogP) is 2.97. The van der Waals surface area contributed by atoms with Gasteiger partial charge in [-0.15, -0.1) is 11.6 Å². The number of rotatable bonds is 5. The van der Waals surface area contributed by atoms with Gasteiger partial charge in [0.05, 0.1) is 10.6 Å². The van der Waals surface area contributed by atoms with Crippen molar-refractivity contribution in [2.45, 2.75) is 16.8 Å². The second kappa shape index (κ2) is 6.80. The van der Waals surface area contributed by atoms with Gasteiger partial charge in [0.2, 0.25) is 5.91 Å². The molecule has 22 heavy (non-hydrogen) atoms. The maximum absolute atomic E-state index is 11.5. The molecule has 0 atom stereocenters. The van der Waals surface area contributed by atoms with E-state index in [0.717, 1.165) is 0 Å². The molecule has 1 aromatic heterocycles. The molecule has 0 radical (unpaired) electrons. The second-order valence-electron chi connectivity index (χ2n) is 4.40. The lowest BCUT2D eigenvalue weighted by Gasteiger charge is -2.09. The van der Waals surface area contributed by atoms with Gasteiger partial charge in [-0.1, -0.05) is 23.9 Å². The largest absolute Gasteiger partial charge is 0.324 e. The zero-order chi connectivity index (χ0) is 16.3. The molecule has 0 unspecified atom stereocenters. The Hall–Kier alpha value is -2.06. The maximum atomic E-state index is 11.5. The Kier molecular flexibility index (Phi) is 5.04. The van der Waals surface area contributed by atoms with E-state index in [1.807, 2.05) is 0 Å². The molecule has 1 heterocycles. The molecule has 0 fully saturated rings. The van der Waals surface area contributed by atoms with E-state index in [9.17, 15) is 14.9 Å². The van der Waals surface area contributed by atoms with E-state index in [-0.39, 0.29) is 17.5 Å². The Morgan fingerprint density at radius 1 is 1.50 bits per heavy atom. The van der Waals surface area contributed by atoms with Crippen molar-refractivity contribution >= 4 is 40.6 Å². The van der Waals surface area contributed by atoms with E-state index < -0.39 is 4.92 Å². The fourth-order valence-electron chi connectivity index (χ4n) is 1.90. The van der Waals surface area contributed by atoms with Gasteiger partial charge in [0.25, 0.3) is 0 Å². The summed E-state index contributed by atoms with van der Waals surface area (Å²) in [5, 5.41) is 18.4. The average molecular weight is 341 g/mol. The van der Waals surface area contributed by atoms with Crippen molar-refractivity contribution in [2.24, 2.45) is 7.05 Å². The SMILES string of the molecule is Cc1nn(C)c(Sc2ccccc2NC(=O)CCl)c1[N+](=O)[O-]. The summed E-state index contributed by atoms with van der Waals surface area (Å²) >= 11 is 6.66. The highest BCUT2D eigenvalue weighted by Gasteiger charge is 2.25. The molecule has 0 saturated heterocycles. The number of aromatic nitrogens is 2. The summed E-state index contributed by atoms with van der Waals surface area (Å²) in [5.41, 5.74) is 0.856. The van der Waals surface area contributed by atoms with E-state index in [4.69, 9.17) is 11.6 Å². The molecule has 0 aliphatic carbocycles. The summed E-state index contributed by atoms with van der Waals surface area (Å²) in [7, 11) is 1.64. The molecule has 7 nitrogen and oxygen atoms in total. The second-order valence-corrected chi connectivity index (χ2v) is 5.70. The van der Waals surface area contributed by atoms with Gasteiger partial charge in [0.15, 0.2) is 5.03 Å². The van der Waals surface area contributed by atoms with E-state index in [2.05, 4.69) is 10.4 Å². The minimum atomic E-state index is -0.454. The van der Waals surface area contributed by atoms with Crippen LogP contribution in [0.15, 0.2) is 34.2 Å². The van der Waals surface area contributed by atoms with Gasteiger partial charge in [-0.25, -0.2) is 0 Å². The van der Waals surface area contributed by atoms with Crippen molar-refractivity contribution in [1.82, 2.24) is 9.78 Å². The summed E-state index contributed by atoms with van der Waals surface area (Å²) in [6, 6.07) is 7.02. The van der Waals surface area contributed by atoms with Crippen LogP contribution in [0.2, 0.25) is 0 Å². The molecular formula is C13H13ClN4O3S. The van der Waals surface area contributed by atoms with Gasteiger partial charge >= 0.3 is 5.69 Å². The Morgan fingerprint density at radius 3 is 2.82 bits per heavy atom. The molecule has 0 saturated carbocycles. The third kappa shape index (κ3) is 3.40. The van der Waals surface area contributed by atoms with Crippen molar-refractivity contribution in [3.8, 4) is 0 Å². The summed E-state index contributed by atoms with van der Waals surface area (Å²) in [6.07, 6.45) is 0.